The van der Waals surface area contributed by atoms with E-state index in [0.29, 0.717) is 30.0 Å². The molecule has 0 spiro atoms. The highest BCUT2D eigenvalue weighted by molar-refractivity contribution is 5.95. The van der Waals surface area contributed by atoms with Gasteiger partial charge in [0.15, 0.2) is 17.5 Å². The van der Waals surface area contributed by atoms with Gasteiger partial charge in [0.05, 0.1) is 18.2 Å². The zero-order chi connectivity index (χ0) is 17.8. The number of piperidine rings is 1. The molecule has 2 aromatic rings. The molecule has 1 aromatic carbocycles. The first kappa shape index (κ1) is 16.8. The summed E-state index contributed by atoms with van der Waals surface area (Å²) in [5.41, 5.74) is 1.14. The van der Waals surface area contributed by atoms with Gasteiger partial charge in [0.25, 0.3) is 5.91 Å². The van der Waals surface area contributed by atoms with Gasteiger partial charge in [0.2, 0.25) is 0 Å². The summed E-state index contributed by atoms with van der Waals surface area (Å²) in [6, 6.07) is 9.19. The Morgan fingerprint density at radius 1 is 1.48 bits per heavy atom. The largest absolute Gasteiger partial charge is 0.371 e. The third-order valence-corrected chi connectivity index (χ3v) is 4.24. The van der Waals surface area contributed by atoms with Gasteiger partial charge in [0, 0.05) is 31.3 Å². The van der Waals surface area contributed by atoms with Crippen molar-refractivity contribution >= 4 is 11.7 Å². The van der Waals surface area contributed by atoms with Gasteiger partial charge in [-0.3, -0.25) is 4.79 Å². The molecule has 0 radical (unpaired) electrons. The molecule has 0 bridgehead atoms. The van der Waals surface area contributed by atoms with E-state index in [0.717, 1.165) is 19.0 Å². The number of likely N-dealkylation sites (tertiary alicyclic amines) is 1. The molecule has 1 atom stereocenters. The van der Waals surface area contributed by atoms with E-state index in [2.05, 4.69) is 21.4 Å². The lowest BCUT2D eigenvalue weighted by atomic mass is 9.98. The summed E-state index contributed by atoms with van der Waals surface area (Å²) in [6.07, 6.45) is 2.76. The summed E-state index contributed by atoms with van der Waals surface area (Å²) < 4.78 is 13.5. The molecular formula is C18H18FN5O. The molecular weight excluding hydrogens is 321 g/mol. The molecule has 25 heavy (non-hydrogen) atoms. The van der Waals surface area contributed by atoms with Crippen molar-refractivity contribution in [1.29, 1.82) is 5.26 Å². The molecule has 1 aromatic heterocycles. The number of anilines is 1. The molecule has 2 heterocycles. The number of nitriles is 1. The number of nitrogens with zero attached hydrogens (tertiary/aromatic N) is 4. The quantitative estimate of drug-likeness (QED) is 0.930. The second-order valence-electron chi connectivity index (χ2n) is 5.94. The number of rotatable bonds is 3. The van der Waals surface area contributed by atoms with Gasteiger partial charge in [-0.2, -0.15) is 5.26 Å². The number of amides is 1. The van der Waals surface area contributed by atoms with Gasteiger partial charge in [-0.05, 0) is 25.0 Å². The molecule has 1 amide bonds. The number of carbonyl (C=O) groups is 1. The van der Waals surface area contributed by atoms with Crippen LogP contribution in [0.2, 0.25) is 0 Å². The summed E-state index contributed by atoms with van der Waals surface area (Å²) >= 11 is 0. The van der Waals surface area contributed by atoms with E-state index in [1.165, 1.54) is 0 Å². The van der Waals surface area contributed by atoms with Crippen molar-refractivity contribution in [3.05, 3.63) is 41.8 Å². The highest BCUT2D eigenvalue weighted by Gasteiger charge is 2.24. The molecule has 128 valence electrons. The van der Waals surface area contributed by atoms with Crippen LogP contribution in [0.25, 0.3) is 11.4 Å². The van der Waals surface area contributed by atoms with E-state index in [1.54, 1.807) is 36.2 Å². The minimum absolute atomic E-state index is 0.106. The maximum absolute atomic E-state index is 13.5. The zero-order valence-electron chi connectivity index (χ0n) is 13.9. The van der Waals surface area contributed by atoms with E-state index in [4.69, 9.17) is 5.26 Å². The number of nitrogens with one attached hydrogen (secondary N) is 1. The van der Waals surface area contributed by atoms with Gasteiger partial charge >= 0.3 is 0 Å². The van der Waals surface area contributed by atoms with Gasteiger partial charge in [-0.1, -0.05) is 12.1 Å². The lowest BCUT2D eigenvalue weighted by Crippen LogP contribution is -2.39. The van der Waals surface area contributed by atoms with Crippen molar-refractivity contribution in [2.75, 3.05) is 25.5 Å². The smallest absolute Gasteiger partial charge is 0.253 e. The average molecular weight is 339 g/mol. The van der Waals surface area contributed by atoms with E-state index < -0.39 is 5.82 Å². The van der Waals surface area contributed by atoms with Crippen molar-refractivity contribution in [3.8, 4) is 17.5 Å². The van der Waals surface area contributed by atoms with Crippen LogP contribution in [-0.2, 0) is 0 Å². The summed E-state index contributed by atoms with van der Waals surface area (Å²) in [7, 11) is 1.58. The minimum Gasteiger partial charge on any atom is -0.371 e. The second-order valence-corrected chi connectivity index (χ2v) is 5.94. The Morgan fingerprint density at radius 2 is 2.32 bits per heavy atom. The van der Waals surface area contributed by atoms with E-state index in [-0.39, 0.29) is 17.6 Å². The fourth-order valence-corrected chi connectivity index (χ4v) is 2.92. The van der Waals surface area contributed by atoms with Crippen molar-refractivity contribution in [2.45, 2.75) is 12.8 Å². The number of aromatic nitrogens is 2. The Balaban J connectivity index is 1.86. The average Bonchev–Trinajstić information content (AvgIpc) is 2.68. The molecule has 1 fully saturated rings. The number of halogens is 1. The van der Waals surface area contributed by atoms with Crippen molar-refractivity contribution in [2.24, 2.45) is 5.92 Å². The van der Waals surface area contributed by atoms with Gasteiger partial charge in [-0.25, -0.2) is 14.4 Å². The van der Waals surface area contributed by atoms with Crippen molar-refractivity contribution in [3.63, 3.8) is 0 Å². The molecule has 6 nitrogen and oxygen atoms in total. The molecule has 1 aliphatic heterocycles. The van der Waals surface area contributed by atoms with Crippen LogP contribution in [0.4, 0.5) is 10.2 Å². The standard InChI is InChI=1S/C18H18FN5O/c1-21-17-15(19)10-22-16(23-17)13-5-2-6-14(8-13)18(25)24-7-3-4-12(9-20)11-24/h2,5-6,8,10,12H,3-4,7,11H2,1H3,(H,21,22,23). The van der Waals surface area contributed by atoms with Crippen LogP contribution in [0.1, 0.15) is 23.2 Å². The first-order valence-corrected chi connectivity index (χ1v) is 8.12. The van der Waals surface area contributed by atoms with Crippen LogP contribution < -0.4 is 5.32 Å². The monoisotopic (exact) mass is 339 g/mol. The van der Waals surface area contributed by atoms with Crippen LogP contribution in [0.15, 0.2) is 30.5 Å². The lowest BCUT2D eigenvalue weighted by Gasteiger charge is -2.29. The highest BCUT2D eigenvalue weighted by atomic mass is 19.1. The van der Waals surface area contributed by atoms with Gasteiger partial charge in [0.1, 0.15) is 0 Å². The van der Waals surface area contributed by atoms with Crippen LogP contribution in [0.5, 0.6) is 0 Å². The molecule has 3 rings (SSSR count). The Labute approximate surface area is 145 Å². The van der Waals surface area contributed by atoms with Crippen LogP contribution >= 0.6 is 0 Å². The summed E-state index contributed by atoms with van der Waals surface area (Å²) in [5, 5.41) is 11.8. The van der Waals surface area contributed by atoms with Crippen LogP contribution in [0, 0.1) is 23.1 Å². The maximum atomic E-state index is 13.5. The summed E-state index contributed by atoms with van der Waals surface area (Å²) in [5.74, 6) is -0.310. The summed E-state index contributed by atoms with van der Waals surface area (Å²) in [4.78, 5) is 22.6. The van der Waals surface area contributed by atoms with Gasteiger partial charge in [-0.15, -0.1) is 0 Å². The Kier molecular flexibility index (Phi) is 4.89. The van der Waals surface area contributed by atoms with Crippen molar-refractivity contribution in [1.82, 2.24) is 14.9 Å². The van der Waals surface area contributed by atoms with Gasteiger partial charge < -0.3 is 10.2 Å². The van der Waals surface area contributed by atoms with Crippen LogP contribution in [-0.4, -0.2) is 40.9 Å². The fraction of sp³-hybridized carbons (Fsp3) is 0.333. The molecule has 1 unspecified atom stereocenters. The number of carbonyl (C=O) groups excluding carboxylic acids is 1. The topological polar surface area (TPSA) is 81.9 Å². The number of benzene rings is 1. The first-order valence-electron chi connectivity index (χ1n) is 8.12. The predicted octanol–water partition coefficient (Wildman–Crippen LogP) is 2.70. The minimum atomic E-state index is -0.533. The first-order chi connectivity index (χ1) is 12.1. The Hall–Kier alpha value is -3.01. The number of hydrogen-bond donors (Lipinski definition) is 1. The summed E-state index contributed by atoms with van der Waals surface area (Å²) in [6.45, 7) is 1.11. The van der Waals surface area contributed by atoms with E-state index in [1.807, 2.05) is 0 Å². The maximum Gasteiger partial charge on any atom is 0.253 e. The van der Waals surface area contributed by atoms with E-state index in [9.17, 15) is 9.18 Å². The van der Waals surface area contributed by atoms with Crippen LogP contribution in [0.3, 0.4) is 0 Å². The zero-order valence-corrected chi connectivity index (χ0v) is 13.9. The third kappa shape index (κ3) is 3.58. The fourth-order valence-electron chi connectivity index (χ4n) is 2.92. The molecule has 0 aliphatic carbocycles. The molecule has 1 aliphatic rings. The number of hydrogen-bond acceptors (Lipinski definition) is 5. The highest BCUT2D eigenvalue weighted by Crippen LogP contribution is 2.22. The predicted molar refractivity (Wildman–Crippen MR) is 91.2 cm³/mol. The van der Waals surface area contributed by atoms with Crippen molar-refractivity contribution < 1.29 is 9.18 Å². The SMILES string of the molecule is CNc1nc(-c2cccc(C(=O)N3CCCC(C#N)C3)c2)ncc1F. The second kappa shape index (κ2) is 7.26. The Bertz CT molecular complexity index is 832. The molecule has 0 saturated carbocycles. The molecule has 7 heteroatoms. The van der Waals surface area contributed by atoms with E-state index >= 15 is 0 Å². The lowest BCUT2D eigenvalue weighted by molar-refractivity contribution is 0.0699. The molecule has 1 N–H and O–H groups in total. The third-order valence-electron chi connectivity index (χ3n) is 4.24. The molecule has 1 saturated heterocycles. The normalized spacial score (nSPS) is 17.0. The Morgan fingerprint density at radius 3 is 3.08 bits per heavy atom.